The monoisotopic (exact) mass is 341 g/mol. The molecule has 25 heavy (non-hydrogen) atoms. The third-order valence-electron chi connectivity index (χ3n) is 4.01. The summed E-state index contributed by atoms with van der Waals surface area (Å²) in [6.45, 7) is 0.431. The van der Waals surface area contributed by atoms with Gasteiger partial charge in [0.1, 0.15) is 5.56 Å². The lowest BCUT2D eigenvalue weighted by molar-refractivity contribution is -0.117. The largest absolute Gasteiger partial charge is 0.481 e. The number of methoxy groups -OCH3 is 2. The van der Waals surface area contributed by atoms with E-state index in [1.165, 1.54) is 14.2 Å². The van der Waals surface area contributed by atoms with Crippen molar-refractivity contribution in [2.45, 2.75) is 12.5 Å². The van der Waals surface area contributed by atoms with Gasteiger partial charge >= 0.3 is 0 Å². The molecule has 1 aliphatic heterocycles. The fraction of sp³-hybridized carbons (Fsp3) is 0.278. The van der Waals surface area contributed by atoms with Crippen LogP contribution in [0.15, 0.2) is 42.5 Å². The maximum Gasteiger partial charge on any atom is 0.257 e. The van der Waals surface area contributed by atoms with Crippen molar-refractivity contribution in [3.05, 3.63) is 48.0 Å². The first kappa shape index (κ1) is 16.8. The Hall–Kier alpha value is -3.09. The van der Waals surface area contributed by atoms with Gasteiger partial charge in [-0.15, -0.1) is 0 Å². The number of aromatic nitrogens is 1. The summed E-state index contributed by atoms with van der Waals surface area (Å²) in [5.41, 5.74) is 1.13. The lowest BCUT2D eigenvalue weighted by Gasteiger charge is -2.17. The van der Waals surface area contributed by atoms with E-state index in [9.17, 15) is 9.59 Å². The molecular formula is C18H19N3O4. The molecule has 0 radical (unpaired) electrons. The maximum atomic E-state index is 12.5. The average Bonchev–Trinajstić information content (AvgIpc) is 3.01. The number of rotatable bonds is 5. The molecule has 0 spiro atoms. The van der Waals surface area contributed by atoms with E-state index in [0.29, 0.717) is 18.0 Å². The van der Waals surface area contributed by atoms with Gasteiger partial charge in [-0.1, -0.05) is 18.2 Å². The normalized spacial score (nSPS) is 16.6. The Labute approximate surface area is 145 Å². The van der Waals surface area contributed by atoms with E-state index in [-0.39, 0.29) is 30.2 Å². The number of carbonyl (C=O) groups is 2. The molecular weight excluding hydrogens is 322 g/mol. The third kappa shape index (κ3) is 3.55. The molecule has 0 saturated carbocycles. The molecule has 1 fully saturated rings. The smallest absolute Gasteiger partial charge is 0.257 e. The third-order valence-corrected chi connectivity index (χ3v) is 4.01. The quantitative estimate of drug-likeness (QED) is 0.894. The lowest BCUT2D eigenvalue weighted by Crippen LogP contribution is -2.37. The number of nitrogens with zero attached hydrogens (tertiary/aromatic N) is 2. The first-order chi connectivity index (χ1) is 12.1. The highest BCUT2D eigenvalue weighted by atomic mass is 16.5. The number of anilines is 1. The Morgan fingerprint density at radius 3 is 2.60 bits per heavy atom. The van der Waals surface area contributed by atoms with Crippen LogP contribution in [0.1, 0.15) is 16.8 Å². The summed E-state index contributed by atoms with van der Waals surface area (Å²) in [6, 6.07) is 12.3. The second-order valence-corrected chi connectivity index (χ2v) is 5.62. The molecule has 0 bridgehead atoms. The molecule has 1 N–H and O–H groups in total. The van der Waals surface area contributed by atoms with Gasteiger partial charge in [-0.25, -0.2) is 0 Å². The van der Waals surface area contributed by atoms with Crippen molar-refractivity contribution >= 4 is 17.5 Å². The Bertz CT molecular complexity index is 779. The minimum atomic E-state index is -0.334. The van der Waals surface area contributed by atoms with Gasteiger partial charge in [0, 0.05) is 24.7 Å². The molecule has 130 valence electrons. The minimum absolute atomic E-state index is 0.0173. The van der Waals surface area contributed by atoms with Crippen molar-refractivity contribution in [3.63, 3.8) is 0 Å². The summed E-state index contributed by atoms with van der Waals surface area (Å²) >= 11 is 0. The summed E-state index contributed by atoms with van der Waals surface area (Å²) in [6.07, 6.45) is 0.256. The highest BCUT2D eigenvalue weighted by Gasteiger charge is 2.32. The standard InChI is InChI=1S/C18H19N3O4/c1-24-15-9-8-14(18(20-15)25-2)17(23)19-12-10-16(22)21(11-12)13-6-4-3-5-7-13/h3-9,12H,10-11H2,1-2H3,(H,19,23)/t12-/m0/s1. The van der Waals surface area contributed by atoms with E-state index < -0.39 is 0 Å². The van der Waals surface area contributed by atoms with Gasteiger partial charge in [0.25, 0.3) is 5.91 Å². The summed E-state index contributed by atoms with van der Waals surface area (Å²) in [5, 5.41) is 2.88. The zero-order valence-electron chi connectivity index (χ0n) is 14.1. The first-order valence-corrected chi connectivity index (χ1v) is 7.87. The highest BCUT2D eigenvalue weighted by molar-refractivity contribution is 5.99. The Balaban J connectivity index is 1.71. The topological polar surface area (TPSA) is 80.8 Å². The molecule has 1 aromatic heterocycles. The predicted molar refractivity (Wildman–Crippen MR) is 92.0 cm³/mol. The Morgan fingerprint density at radius 1 is 1.16 bits per heavy atom. The van der Waals surface area contributed by atoms with Gasteiger partial charge in [0.15, 0.2) is 0 Å². The molecule has 2 aromatic rings. The van der Waals surface area contributed by atoms with Crippen LogP contribution in [0.25, 0.3) is 0 Å². The Morgan fingerprint density at radius 2 is 1.92 bits per heavy atom. The average molecular weight is 341 g/mol. The lowest BCUT2D eigenvalue weighted by atomic mass is 10.2. The molecule has 7 heteroatoms. The van der Waals surface area contributed by atoms with E-state index in [1.807, 2.05) is 30.3 Å². The van der Waals surface area contributed by atoms with E-state index in [2.05, 4.69) is 10.3 Å². The van der Waals surface area contributed by atoms with Crippen molar-refractivity contribution in [3.8, 4) is 11.8 Å². The van der Waals surface area contributed by atoms with Crippen LogP contribution in [0.5, 0.6) is 11.8 Å². The van der Waals surface area contributed by atoms with Crippen molar-refractivity contribution in [2.24, 2.45) is 0 Å². The van der Waals surface area contributed by atoms with E-state index >= 15 is 0 Å². The highest BCUT2D eigenvalue weighted by Crippen LogP contribution is 2.23. The summed E-state index contributed by atoms with van der Waals surface area (Å²) < 4.78 is 10.2. The Kier molecular flexibility index (Phi) is 4.83. The van der Waals surface area contributed by atoms with Crippen LogP contribution in [0.2, 0.25) is 0 Å². The van der Waals surface area contributed by atoms with Crippen LogP contribution in [0, 0.1) is 0 Å². The van der Waals surface area contributed by atoms with Crippen LogP contribution in [0.3, 0.4) is 0 Å². The molecule has 1 saturated heterocycles. The van der Waals surface area contributed by atoms with Gasteiger partial charge in [0.2, 0.25) is 17.7 Å². The molecule has 7 nitrogen and oxygen atoms in total. The molecule has 1 atom stereocenters. The zero-order chi connectivity index (χ0) is 17.8. The zero-order valence-corrected chi connectivity index (χ0v) is 14.1. The van der Waals surface area contributed by atoms with Gasteiger partial charge in [-0.05, 0) is 18.2 Å². The molecule has 0 unspecified atom stereocenters. The minimum Gasteiger partial charge on any atom is -0.481 e. The molecule has 1 aromatic carbocycles. The number of benzene rings is 1. The molecule has 1 aliphatic rings. The number of carbonyl (C=O) groups excluding carboxylic acids is 2. The SMILES string of the molecule is COc1ccc(C(=O)N[C@H]2CC(=O)N(c3ccccc3)C2)c(OC)n1. The van der Waals surface area contributed by atoms with Crippen LogP contribution in [-0.2, 0) is 4.79 Å². The number of amides is 2. The molecule has 0 aliphatic carbocycles. The van der Waals surface area contributed by atoms with E-state index in [0.717, 1.165) is 5.69 Å². The van der Waals surface area contributed by atoms with Gasteiger partial charge in [-0.2, -0.15) is 4.98 Å². The number of para-hydroxylation sites is 1. The predicted octanol–water partition coefficient (Wildman–Crippen LogP) is 1.63. The maximum absolute atomic E-state index is 12.5. The van der Waals surface area contributed by atoms with E-state index in [1.54, 1.807) is 17.0 Å². The van der Waals surface area contributed by atoms with E-state index in [4.69, 9.17) is 9.47 Å². The summed E-state index contributed by atoms with van der Waals surface area (Å²) in [7, 11) is 2.93. The number of ether oxygens (including phenoxy) is 2. The fourth-order valence-electron chi connectivity index (χ4n) is 2.79. The number of hydrogen-bond donors (Lipinski definition) is 1. The molecule has 3 rings (SSSR count). The van der Waals surface area contributed by atoms with Crippen molar-refractivity contribution in [1.29, 1.82) is 0 Å². The molecule has 2 amide bonds. The second-order valence-electron chi connectivity index (χ2n) is 5.62. The van der Waals surface area contributed by atoms with Gasteiger partial charge in [0.05, 0.1) is 20.3 Å². The van der Waals surface area contributed by atoms with Crippen LogP contribution >= 0.6 is 0 Å². The number of hydrogen-bond acceptors (Lipinski definition) is 5. The van der Waals surface area contributed by atoms with Gasteiger partial charge < -0.3 is 19.7 Å². The van der Waals surface area contributed by atoms with Crippen molar-refractivity contribution in [2.75, 3.05) is 25.7 Å². The summed E-state index contributed by atoms with van der Waals surface area (Å²) in [5.74, 6) is 0.192. The first-order valence-electron chi connectivity index (χ1n) is 7.87. The van der Waals surface area contributed by atoms with Crippen LogP contribution in [0.4, 0.5) is 5.69 Å². The fourth-order valence-corrected chi connectivity index (χ4v) is 2.79. The summed E-state index contributed by atoms with van der Waals surface area (Å²) in [4.78, 5) is 30.5. The van der Waals surface area contributed by atoms with Crippen LogP contribution < -0.4 is 19.7 Å². The van der Waals surface area contributed by atoms with Crippen LogP contribution in [-0.4, -0.2) is 43.6 Å². The number of nitrogens with one attached hydrogen (secondary N) is 1. The van der Waals surface area contributed by atoms with Crippen molar-refractivity contribution in [1.82, 2.24) is 10.3 Å². The number of pyridine rings is 1. The van der Waals surface area contributed by atoms with Gasteiger partial charge in [-0.3, -0.25) is 9.59 Å². The van der Waals surface area contributed by atoms with Crippen molar-refractivity contribution < 1.29 is 19.1 Å². The second kappa shape index (κ2) is 7.21. The molecule has 2 heterocycles.